The zero-order valence-corrected chi connectivity index (χ0v) is 21.8. The van der Waals surface area contributed by atoms with E-state index in [-0.39, 0.29) is 11.5 Å². The Bertz CT molecular complexity index is 1680. The molecular weight excluding hydrogens is 522 g/mol. The fourth-order valence-corrected chi connectivity index (χ4v) is 5.48. The SMILES string of the molecule is COc1ccc(/C=C2\SC(=S)N(CCc3ccc(C(=O)O)cc3)C2=O)cc1-c1ccc2[nH]c(=O)ncc2c1. The standard InChI is InChI=1S/C28H21N3O5S2/c1-36-23-9-4-17(12-21(23)19-7-8-22-20(14-19)15-29-27(35)30-22)13-24-25(32)31(28(37)38-24)11-10-16-2-5-18(6-3-16)26(33)34/h2-9,12-15H,10-11H2,1H3,(H,33,34)(H,29,30,35)/b24-13-. The molecule has 0 atom stereocenters. The first-order chi connectivity index (χ1) is 18.3. The van der Waals surface area contributed by atoms with Gasteiger partial charge in [0.1, 0.15) is 10.1 Å². The molecule has 0 bridgehead atoms. The van der Waals surface area contributed by atoms with E-state index < -0.39 is 11.7 Å². The number of thioether (sulfide) groups is 1. The number of hydrogen-bond acceptors (Lipinski definition) is 7. The van der Waals surface area contributed by atoms with Crippen molar-refractivity contribution in [2.24, 2.45) is 0 Å². The molecule has 3 aromatic carbocycles. The highest BCUT2D eigenvalue weighted by Gasteiger charge is 2.31. The van der Waals surface area contributed by atoms with Crippen LogP contribution in [0.2, 0.25) is 0 Å². The number of rotatable bonds is 7. The molecule has 0 radical (unpaired) electrons. The summed E-state index contributed by atoms with van der Waals surface area (Å²) in [5, 5.41) is 9.85. The van der Waals surface area contributed by atoms with Gasteiger partial charge in [-0.1, -0.05) is 48.2 Å². The smallest absolute Gasteiger partial charge is 0.345 e. The molecule has 0 unspecified atom stereocenters. The number of aromatic nitrogens is 2. The van der Waals surface area contributed by atoms with Crippen molar-refractivity contribution in [2.75, 3.05) is 13.7 Å². The van der Waals surface area contributed by atoms with Gasteiger partial charge in [0.15, 0.2) is 0 Å². The van der Waals surface area contributed by atoms with Gasteiger partial charge in [0.25, 0.3) is 5.91 Å². The lowest BCUT2D eigenvalue weighted by Gasteiger charge is -2.14. The van der Waals surface area contributed by atoms with Gasteiger partial charge in [0.05, 0.1) is 23.1 Å². The van der Waals surface area contributed by atoms with E-state index in [0.29, 0.717) is 33.5 Å². The van der Waals surface area contributed by atoms with Crippen LogP contribution in [0.4, 0.5) is 0 Å². The number of carboxylic acid groups (broad SMARTS) is 1. The molecule has 2 N–H and O–H groups in total. The van der Waals surface area contributed by atoms with E-state index >= 15 is 0 Å². The summed E-state index contributed by atoms with van der Waals surface area (Å²) in [6.07, 6.45) is 3.89. The van der Waals surface area contributed by atoms with Crippen molar-refractivity contribution in [3.8, 4) is 16.9 Å². The number of aromatic carboxylic acids is 1. The summed E-state index contributed by atoms with van der Waals surface area (Å²) in [5.74, 6) is -0.477. The number of hydrogen-bond donors (Lipinski definition) is 2. The number of carbonyl (C=O) groups excluding carboxylic acids is 1. The Morgan fingerprint density at radius 2 is 1.92 bits per heavy atom. The van der Waals surface area contributed by atoms with Crippen molar-refractivity contribution in [2.45, 2.75) is 6.42 Å². The normalized spacial score (nSPS) is 14.4. The summed E-state index contributed by atoms with van der Waals surface area (Å²) in [7, 11) is 1.60. The van der Waals surface area contributed by atoms with E-state index in [9.17, 15) is 14.4 Å². The maximum absolute atomic E-state index is 13.1. The fraction of sp³-hybridized carbons (Fsp3) is 0.107. The highest BCUT2D eigenvalue weighted by atomic mass is 32.2. The van der Waals surface area contributed by atoms with Crippen molar-refractivity contribution in [1.29, 1.82) is 0 Å². The van der Waals surface area contributed by atoms with Gasteiger partial charge in [0, 0.05) is 23.7 Å². The Hall–Kier alpha value is -4.28. The molecule has 1 aliphatic rings. The molecule has 1 saturated heterocycles. The van der Waals surface area contributed by atoms with E-state index in [1.54, 1.807) is 36.3 Å². The molecule has 0 aliphatic carbocycles. The number of carboxylic acids is 1. The lowest BCUT2D eigenvalue weighted by Crippen LogP contribution is -2.30. The summed E-state index contributed by atoms with van der Waals surface area (Å²) in [6.45, 7) is 0.398. The number of methoxy groups -OCH3 is 1. The second-order valence-electron chi connectivity index (χ2n) is 8.54. The van der Waals surface area contributed by atoms with Crippen LogP contribution in [-0.2, 0) is 11.2 Å². The molecule has 4 aromatic rings. The quantitative estimate of drug-likeness (QED) is 0.254. The average Bonchev–Trinajstić information content (AvgIpc) is 3.18. The van der Waals surface area contributed by atoms with Gasteiger partial charge in [0.2, 0.25) is 0 Å². The van der Waals surface area contributed by atoms with Crippen LogP contribution in [0.3, 0.4) is 0 Å². The third-order valence-corrected chi connectivity index (χ3v) is 7.52. The van der Waals surface area contributed by atoms with Crippen LogP contribution in [-0.4, -0.2) is 49.8 Å². The van der Waals surface area contributed by atoms with Crippen molar-refractivity contribution in [3.05, 3.63) is 98.9 Å². The minimum atomic E-state index is -0.978. The number of nitrogens with zero attached hydrogens (tertiary/aromatic N) is 2. The van der Waals surface area contributed by atoms with Gasteiger partial charge in [-0.2, -0.15) is 0 Å². The third-order valence-electron chi connectivity index (χ3n) is 6.14. The van der Waals surface area contributed by atoms with Crippen molar-refractivity contribution >= 4 is 57.2 Å². The van der Waals surface area contributed by atoms with Gasteiger partial charge in [-0.3, -0.25) is 9.69 Å². The molecule has 5 rings (SSSR count). The number of amides is 1. The molecule has 1 fully saturated rings. The molecular formula is C28H21N3O5S2. The molecule has 2 heterocycles. The summed E-state index contributed by atoms with van der Waals surface area (Å²) in [6, 6.07) is 17.9. The van der Waals surface area contributed by atoms with Crippen molar-refractivity contribution < 1.29 is 19.4 Å². The molecule has 10 heteroatoms. The molecule has 0 saturated carbocycles. The van der Waals surface area contributed by atoms with E-state index in [4.69, 9.17) is 22.1 Å². The molecule has 1 aromatic heterocycles. The first kappa shape index (κ1) is 25.4. The number of H-pyrrole nitrogens is 1. The monoisotopic (exact) mass is 543 g/mol. The maximum Gasteiger partial charge on any atom is 0.345 e. The number of nitrogens with one attached hydrogen (secondary N) is 1. The van der Waals surface area contributed by atoms with Crippen LogP contribution in [0, 0.1) is 0 Å². The average molecular weight is 544 g/mol. The van der Waals surface area contributed by atoms with Gasteiger partial charge < -0.3 is 14.8 Å². The molecule has 38 heavy (non-hydrogen) atoms. The summed E-state index contributed by atoms with van der Waals surface area (Å²) in [4.78, 5) is 44.3. The summed E-state index contributed by atoms with van der Waals surface area (Å²) in [5.41, 5.74) is 3.93. The number of aromatic amines is 1. The van der Waals surface area contributed by atoms with Crippen LogP contribution in [0.1, 0.15) is 21.5 Å². The number of fused-ring (bicyclic) bond motifs is 1. The third kappa shape index (κ3) is 5.22. The van der Waals surface area contributed by atoms with Crippen molar-refractivity contribution in [3.63, 3.8) is 0 Å². The lowest BCUT2D eigenvalue weighted by molar-refractivity contribution is -0.122. The predicted molar refractivity (Wildman–Crippen MR) is 151 cm³/mol. The van der Waals surface area contributed by atoms with Crippen LogP contribution in [0.25, 0.3) is 28.1 Å². The second-order valence-corrected chi connectivity index (χ2v) is 10.2. The molecule has 0 spiro atoms. The van der Waals surface area contributed by atoms with Gasteiger partial charge in [-0.05, 0) is 65.6 Å². The molecule has 1 aliphatic heterocycles. The largest absolute Gasteiger partial charge is 0.496 e. The van der Waals surface area contributed by atoms with Gasteiger partial charge in [-0.15, -0.1) is 0 Å². The topological polar surface area (TPSA) is 113 Å². The predicted octanol–water partition coefficient (Wildman–Crippen LogP) is 4.74. The van der Waals surface area contributed by atoms with E-state index in [0.717, 1.165) is 27.6 Å². The Morgan fingerprint density at radius 1 is 1.13 bits per heavy atom. The Labute approximate surface area is 227 Å². The molecule has 1 amide bonds. The zero-order chi connectivity index (χ0) is 26.8. The van der Waals surface area contributed by atoms with E-state index in [1.807, 2.05) is 42.5 Å². The first-order valence-corrected chi connectivity index (χ1v) is 12.8. The van der Waals surface area contributed by atoms with Crippen LogP contribution in [0.5, 0.6) is 5.75 Å². The van der Waals surface area contributed by atoms with Crippen molar-refractivity contribution in [1.82, 2.24) is 14.9 Å². The van der Waals surface area contributed by atoms with Gasteiger partial charge >= 0.3 is 11.7 Å². The molecule has 8 nitrogen and oxygen atoms in total. The van der Waals surface area contributed by atoms with Crippen LogP contribution < -0.4 is 10.4 Å². The Morgan fingerprint density at radius 3 is 2.66 bits per heavy atom. The highest BCUT2D eigenvalue weighted by molar-refractivity contribution is 8.26. The zero-order valence-electron chi connectivity index (χ0n) is 20.1. The summed E-state index contributed by atoms with van der Waals surface area (Å²) < 4.78 is 6.06. The minimum absolute atomic E-state index is 0.166. The Kier molecular flexibility index (Phi) is 7.08. The van der Waals surface area contributed by atoms with E-state index in [2.05, 4.69) is 9.97 Å². The first-order valence-electron chi connectivity index (χ1n) is 11.6. The number of benzene rings is 3. The minimum Gasteiger partial charge on any atom is -0.496 e. The highest BCUT2D eigenvalue weighted by Crippen LogP contribution is 2.36. The summed E-state index contributed by atoms with van der Waals surface area (Å²) >= 11 is 6.73. The van der Waals surface area contributed by atoms with Gasteiger partial charge in [-0.25, -0.2) is 14.6 Å². The second kappa shape index (κ2) is 10.6. The fourth-order valence-electron chi connectivity index (χ4n) is 4.17. The van der Waals surface area contributed by atoms with E-state index in [1.165, 1.54) is 18.0 Å². The van der Waals surface area contributed by atoms with Crippen LogP contribution in [0.15, 0.2) is 76.6 Å². The van der Waals surface area contributed by atoms with Crippen LogP contribution >= 0.6 is 24.0 Å². The number of ether oxygens (including phenoxy) is 1. The Balaban J connectivity index is 1.37. The maximum atomic E-state index is 13.1. The lowest BCUT2D eigenvalue weighted by atomic mass is 10.00. The number of thiocarbonyl (C=S) groups is 1. The molecule has 190 valence electrons. The number of carbonyl (C=O) groups is 2.